The molecule has 4 unspecified atom stereocenters. The molecule has 2 fully saturated rings. The molecule has 0 saturated carbocycles. The smallest absolute Gasteiger partial charge is 0.269 e. The monoisotopic (exact) mass is 448 g/mol. The lowest BCUT2D eigenvalue weighted by Gasteiger charge is -2.31. The van der Waals surface area contributed by atoms with Gasteiger partial charge in [-0.25, -0.2) is 10.9 Å². The van der Waals surface area contributed by atoms with Gasteiger partial charge in [-0.15, -0.1) is 0 Å². The summed E-state index contributed by atoms with van der Waals surface area (Å²) in [6.07, 6.45) is 0. The molecule has 3 aromatic rings. The Hall–Kier alpha value is -3.26. The van der Waals surface area contributed by atoms with Crippen LogP contribution in [0.5, 0.6) is 0 Å². The van der Waals surface area contributed by atoms with Crippen LogP contribution in [0.25, 0.3) is 0 Å². The molecule has 162 valence electrons. The van der Waals surface area contributed by atoms with Crippen LogP contribution in [-0.4, -0.2) is 16.9 Å². The van der Waals surface area contributed by atoms with Crippen molar-refractivity contribution in [1.29, 1.82) is 0 Å². The van der Waals surface area contributed by atoms with Crippen LogP contribution in [-0.2, 0) is 4.79 Å². The Balaban J connectivity index is 1.64. The molecule has 8 heteroatoms. The van der Waals surface area contributed by atoms with Crippen LogP contribution in [0, 0.1) is 23.0 Å². The number of aryl methyl sites for hydroxylation is 1. The fourth-order valence-electron chi connectivity index (χ4n) is 4.78. The number of hydrogen-bond donors (Lipinski definition) is 2. The zero-order chi connectivity index (χ0) is 22.4. The summed E-state index contributed by atoms with van der Waals surface area (Å²) in [7, 11) is 0. The number of hydrogen-bond acceptors (Lipinski definition) is 5. The largest absolute Gasteiger partial charge is 0.303 e. The molecule has 4 atom stereocenters. The van der Waals surface area contributed by atoms with Gasteiger partial charge in [0.2, 0.25) is 5.91 Å². The first-order valence-electron chi connectivity index (χ1n) is 10.3. The Morgan fingerprint density at radius 1 is 0.938 bits per heavy atom. The van der Waals surface area contributed by atoms with Gasteiger partial charge in [-0.1, -0.05) is 53.6 Å². The average molecular weight is 449 g/mol. The summed E-state index contributed by atoms with van der Waals surface area (Å²) in [5.41, 5.74) is 10.0. The maximum absolute atomic E-state index is 13.6. The summed E-state index contributed by atoms with van der Waals surface area (Å²) in [5, 5.41) is 12.1. The topological polar surface area (TPSA) is 87.5 Å². The molecule has 1 amide bonds. The number of halogens is 1. The van der Waals surface area contributed by atoms with E-state index >= 15 is 0 Å². The van der Waals surface area contributed by atoms with Gasteiger partial charge in [0.05, 0.1) is 17.0 Å². The van der Waals surface area contributed by atoms with Crippen molar-refractivity contribution in [3.05, 3.63) is 105 Å². The number of carbonyl (C=O) groups is 1. The lowest BCUT2D eigenvalue weighted by molar-refractivity contribution is -0.384. The van der Waals surface area contributed by atoms with Crippen LogP contribution in [0.1, 0.15) is 28.8 Å². The molecule has 0 radical (unpaired) electrons. The van der Waals surface area contributed by atoms with Gasteiger partial charge < -0.3 is 4.90 Å². The number of nitro groups is 1. The van der Waals surface area contributed by atoms with Gasteiger partial charge in [-0.05, 0) is 42.3 Å². The third-order valence-corrected chi connectivity index (χ3v) is 6.53. The molecule has 2 aliphatic rings. The molecule has 32 heavy (non-hydrogen) atoms. The van der Waals surface area contributed by atoms with Crippen molar-refractivity contribution in [3.8, 4) is 0 Å². The molecule has 3 aromatic carbocycles. The minimum Gasteiger partial charge on any atom is -0.303 e. The molecule has 0 aliphatic carbocycles. The lowest BCUT2D eigenvalue weighted by Crippen LogP contribution is -2.41. The highest BCUT2D eigenvalue weighted by atomic mass is 35.5. The Morgan fingerprint density at radius 3 is 2.31 bits per heavy atom. The van der Waals surface area contributed by atoms with E-state index in [1.807, 2.05) is 61.5 Å². The molecule has 2 saturated heterocycles. The van der Waals surface area contributed by atoms with Crippen molar-refractivity contribution in [2.24, 2.45) is 5.92 Å². The first-order chi connectivity index (χ1) is 15.4. The molecule has 0 spiro atoms. The van der Waals surface area contributed by atoms with Gasteiger partial charge in [0.25, 0.3) is 5.69 Å². The van der Waals surface area contributed by atoms with E-state index in [4.69, 9.17) is 11.6 Å². The third-order valence-electron chi connectivity index (χ3n) is 6.27. The van der Waals surface area contributed by atoms with E-state index in [9.17, 15) is 14.9 Å². The standard InChI is InChI=1S/C24H21ClN4O3/c1-14-5-11-18(12-6-14)28-23(16-3-2-4-19(13-16)29(31)32)20-21(26-27-22(20)24(28)30)15-7-9-17(25)10-8-15/h2-13,20-23,26-27H,1H3. The second kappa shape index (κ2) is 8.02. The highest BCUT2D eigenvalue weighted by Crippen LogP contribution is 2.49. The van der Waals surface area contributed by atoms with Crippen molar-refractivity contribution in [3.63, 3.8) is 0 Å². The number of benzene rings is 3. The van der Waals surface area contributed by atoms with Crippen LogP contribution in [0.2, 0.25) is 5.02 Å². The predicted octanol–water partition coefficient (Wildman–Crippen LogP) is 4.48. The Labute approximate surface area is 190 Å². The van der Waals surface area contributed by atoms with Gasteiger partial charge >= 0.3 is 0 Å². The average Bonchev–Trinajstić information content (AvgIpc) is 3.34. The molecule has 2 aliphatic heterocycles. The maximum Gasteiger partial charge on any atom is 0.269 e. The maximum atomic E-state index is 13.6. The van der Waals surface area contributed by atoms with E-state index < -0.39 is 17.0 Å². The van der Waals surface area contributed by atoms with Crippen molar-refractivity contribution >= 4 is 28.9 Å². The number of hydrazine groups is 1. The van der Waals surface area contributed by atoms with Gasteiger partial charge in [0.1, 0.15) is 6.04 Å². The first kappa shape index (κ1) is 20.6. The summed E-state index contributed by atoms with van der Waals surface area (Å²) in [6, 6.07) is 20.8. The number of nitro benzene ring substituents is 1. The van der Waals surface area contributed by atoms with Crippen LogP contribution in [0.4, 0.5) is 11.4 Å². The SMILES string of the molecule is Cc1ccc(N2C(=O)C3NNC(c4ccc(Cl)cc4)C3C2c2cccc([N+](=O)[O-])c2)cc1. The van der Waals surface area contributed by atoms with Crippen molar-refractivity contribution < 1.29 is 9.72 Å². The molecule has 5 rings (SSSR count). The number of carbonyl (C=O) groups excluding carboxylic acids is 1. The summed E-state index contributed by atoms with van der Waals surface area (Å²) in [4.78, 5) is 26.4. The summed E-state index contributed by atoms with van der Waals surface area (Å²) < 4.78 is 0. The number of non-ortho nitro benzene ring substituents is 1. The highest BCUT2D eigenvalue weighted by Gasteiger charge is 2.56. The van der Waals surface area contributed by atoms with Gasteiger partial charge in [-0.3, -0.25) is 14.9 Å². The highest BCUT2D eigenvalue weighted by molar-refractivity contribution is 6.30. The minimum atomic E-state index is -0.471. The number of nitrogens with one attached hydrogen (secondary N) is 2. The second-order valence-electron chi connectivity index (χ2n) is 8.21. The number of amides is 1. The number of nitrogens with zero attached hydrogens (tertiary/aromatic N) is 2. The van der Waals surface area contributed by atoms with E-state index in [1.54, 1.807) is 17.0 Å². The molecule has 0 aromatic heterocycles. The molecule has 2 N–H and O–H groups in total. The molecule has 0 bridgehead atoms. The number of fused-ring (bicyclic) bond motifs is 1. The van der Waals surface area contributed by atoms with Crippen LogP contribution in [0.3, 0.4) is 0 Å². The van der Waals surface area contributed by atoms with E-state index in [2.05, 4.69) is 10.9 Å². The van der Waals surface area contributed by atoms with E-state index in [-0.39, 0.29) is 23.6 Å². The molecule has 2 heterocycles. The first-order valence-corrected chi connectivity index (χ1v) is 10.7. The normalized spacial score (nSPS) is 24.6. The van der Waals surface area contributed by atoms with Gasteiger partial charge in [0.15, 0.2) is 0 Å². The van der Waals surface area contributed by atoms with Gasteiger partial charge in [-0.2, -0.15) is 0 Å². The second-order valence-corrected chi connectivity index (χ2v) is 8.65. The van der Waals surface area contributed by atoms with E-state index in [0.29, 0.717) is 5.02 Å². The Morgan fingerprint density at radius 2 is 1.62 bits per heavy atom. The molecule has 7 nitrogen and oxygen atoms in total. The van der Waals surface area contributed by atoms with Gasteiger partial charge in [0, 0.05) is 28.8 Å². The Bertz CT molecular complexity index is 1180. The van der Waals surface area contributed by atoms with Crippen LogP contribution >= 0.6 is 11.6 Å². The number of anilines is 1. The summed E-state index contributed by atoms with van der Waals surface area (Å²) >= 11 is 6.08. The molecular formula is C24H21ClN4O3. The summed E-state index contributed by atoms with van der Waals surface area (Å²) in [5.74, 6) is -0.258. The fraction of sp³-hybridized carbons (Fsp3) is 0.208. The minimum absolute atomic E-state index is 0.00390. The van der Waals surface area contributed by atoms with E-state index in [1.165, 1.54) is 6.07 Å². The van der Waals surface area contributed by atoms with E-state index in [0.717, 1.165) is 22.4 Å². The molecular weight excluding hydrogens is 428 g/mol. The lowest BCUT2D eigenvalue weighted by atomic mass is 9.83. The Kier molecular flexibility index (Phi) is 5.17. The zero-order valence-electron chi connectivity index (χ0n) is 17.2. The fourth-order valence-corrected chi connectivity index (χ4v) is 4.90. The summed E-state index contributed by atoms with van der Waals surface area (Å²) in [6.45, 7) is 1.99. The third kappa shape index (κ3) is 3.44. The zero-order valence-corrected chi connectivity index (χ0v) is 18.0. The quantitative estimate of drug-likeness (QED) is 0.454. The van der Waals surface area contributed by atoms with Crippen LogP contribution < -0.4 is 15.8 Å². The van der Waals surface area contributed by atoms with Crippen LogP contribution in [0.15, 0.2) is 72.8 Å². The van der Waals surface area contributed by atoms with Crippen molar-refractivity contribution in [1.82, 2.24) is 10.9 Å². The van der Waals surface area contributed by atoms with Crippen molar-refractivity contribution in [2.45, 2.75) is 25.0 Å². The predicted molar refractivity (Wildman–Crippen MR) is 122 cm³/mol. The number of rotatable bonds is 4. The van der Waals surface area contributed by atoms with Crippen molar-refractivity contribution in [2.75, 3.05) is 4.90 Å².